The summed E-state index contributed by atoms with van der Waals surface area (Å²) in [7, 11) is 1.66. The number of ether oxygens (including phenoxy) is 2. The third-order valence-corrected chi connectivity index (χ3v) is 5.49. The Morgan fingerprint density at radius 1 is 1.17 bits per heavy atom. The van der Waals surface area contributed by atoms with Gasteiger partial charge in [0, 0.05) is 52.7 Å². The standard InChI is InChI=1S/C18H30N2O4/c1-23-10-3-2-6-19-9-11-24-18(15-19)4-7-20(8-5-18)14-17(22)12-16(21)13-17/h16,21-22H,4-15H2,1H3. The zero-order valence-electron chi connectivity index (χ0n) is 14.7. The number of piperidine rings is 1. The highest BCUT2D eigenvalue weighted by Gasteiger charge is 2.45. The molecule has 0 atom stereocenters. The van der Waals surface area contributed by atoms with E-state index in [1.165, 1.54) is 0 Å². The van der Waals surface area contributed by atoms with Crippen molar-refractivity contribution in [1.29, 1.82) is 0 Å². The van der Waals surface area contributed by atoms with Gasteiger partial charge in [-0.25, -0.2) is 0 Å². The number of aliphatic hydroxyl groups excluding tert-OH is 1. The maximum atomic E-state index is 10.4. The van der Waals surface area contributed by atoms with Crippen LogP contribution in [0.3, 0.4) is 0 Å². The average Bonchev–Trinajstić information content (AvgIpc) is 2.53. The van der Waals surface area contributed by atoms with E-state index in [1.807, 2.05) is 0 Å². The van der Waals surface area contributed by atoms with Gasteiger partial charge in [-0.15, -0.1) is 0 Å². The number of β-amino-alcohol motifs (C(OH)–C–C–N with tert-alkyl or cyclic N) is 1. The number of hydrogen-bond donors (Lipinski definition) is 2. The predicted octanol–water partition coefficient (Wildman–Crippen LogP) is -0.311. The molecular formula is C18H30N2O4. The normalized spacial score (nSPS) is 33.7. The van der Waals surface area contributed by atoms with Crippen LogP contribution in [0.4, 0.5) is 0 Å². The Balaban J connectivity index is 1.45. The maximum absolute atomic E-state index is 10.4. The third kappa shape index (κ3) is 4.48. The second-order valence-electron chi connectivity index (χ2n) is 7.59. The van der Waals surface area contributed by atoms with Gasteiger partial charge in [0.25, 0.3) is 0 Å². The summed E-state index contributed by atoms with van der Waals surface area (Å²) in [5, 5.41) is 19.8. The molecule has 0 aromatic heterocycles. The number of rotatable bonds is 4. The molecule has 0 aromatic carbocycles. The molecule has 2 aliphatic heterocycles. The molecule has 3 aliphatic rings. The van der Waals surface area contributed by atoms with Gasteiger partial charge in [-0.05, 0) is 12.8 Å². The molecule has 2 N–H and O–H groups in total. The molecule has 1 aliphatic carbocycles. The topological polar surface area (TPSA) is 65.4 Å². The number of hydrogen-bond acceptors (Lipinski definition) is 6. The first kappa shape index (κ1) is 18.1. The summed E-state index contributed by atoms with van der Waals surface area (Å²) in [6, 6.07) is 0. The quantitative estimate of drug-likeness (QED) is 0.686. The Morgan fingerprint density at radius 3 is 2.58 bits per heavy atom. The minimum absolute atomic E-state index is 0.0561. The van der Waals surface area contributed by atoms with Gasteiger partial charge in [-0.3, -0.25) is 4.90 Å². The summed E-state index contributed by atoms with van der Waals surface area (Å²) in [5.74, 6) is 6.18. The van der Waals surface area contributed by atoms with Crippen molar-refractivity contribution in [2.45, 2.75) is 43.0 Å². The largest absolute Gasteiger partial charge is 0.393 e. The van der Waals surface area contributed by atoms with Crippen LogP contribution in [-0.4, -0.2) is 96.9 Å². The maximum Gasteiger partial charge on any atom is 0.107 e. The van der Waals surface area contributed by atoms with Crippen LogP contribution in [0.15, 0.2) is 0 Å². The van der Waals surface area contributed by atoms with Crippen molar-refractivity contribution < 1.29 is 19.7 Å². The van der Waals surface area contributed by atoms with Crippen LogP contribution >= 0.6 is 0 Å². The first-order valence-electron chi connectivity index (χ1n) is 8.96. The van der Waals surface area contributed by atoms with E-state index < -0.39 is 5.60 Å². The summed E-state index contributed by atoms with van der Waals surface area (Å²) >= 11 is 0. The van der Waals surface area contributed by atoms with E-state index in [0.29, 0.717) is 26.0 Å². The van der Waals surface area contributed by atoms with Gasteiger partial charge in [0.1, 0.15) is 6.61 Å². The molecule has 3 fully saturated rings. The van der Waals surface area contributed by atoms with Crippen molar-refractivity contribution in [3.63, 3.8) is 0 Å². The zero-order valence-corrected chi connectivity index (χ0v) is 14.7. The monoisotopic (exact) mass is 338 g/mol. The Morgan fingerprint density at radius 2 is 1.92 bits per heavy atom. The molecule has 1 spiro atoms. The van der Waals surface area contributed by atoms with Crippen LogP contribution in [0.2, 0.25) is 0 Å². The van der Waals surface area contributed by atoms with Crippen molar-refractivity contribution >= 4 is 0 Å². The van der Waals surface area contributed by atoms with Gasteiger partial charge in [-0.2, -0.15) is 0 Å². The summed E-state index contributed by atoms with van der Waals surface area (Å²) in [6.07, 6.45) is 2.69. The fourth-order valence-electron chi connectivity index (χ4n) is 4.13. The minimum Gasteiger partial charge on any atom is -0.393 e. The number of methoxy groups -OCH3 is 1. The van der Waals surface area contributed by atoms with Gasteiger partial charge in [0.15, 0.2) is 0 Å². The lowest BCUT2D eigenvalue weighted by Gasteiger charge is -2.49. The molecule has 0 radical (unpaired) electrons. The van der Waals surface area contributed by atoms with Crippen LogP contribution in [0.5, 0.6) is 0 Å². The van der Waals surface area contributed by atoms with E-state index in [2.05, 4.69) is 21.6 Å². The molecule has 1 saturated carbocycles. The number of likely N-dealkylation sites (tertiary alicyclic amines) is 1. The fraction of sp³-hybridized carbons (Fsp3) is 0.889. The van der Waals surface area contributed by atoms with E-state index >= 15 is 0 Å². The first-order chi connectivity index (χ1) is 11.5. The number of morpholine rings is 1. The highest BCUT2D eigenvalue weighted by Crippen LogP contribution is 2.35. The molecule has 2 saturated heterocycles. The van der Waals surface area contributed by atoms with E-state index in [0.717, 1.165) is 52.2 Å². The van der Waals surface area contributed by atoms with Crippen molar-refractivity contribution in [1.82, 2.24) is 9.80 Å². The lowest BCUT2D eigenvalue weighted by molar-refractivity contribution is -0.155. The van der Waals surface area contributed by atoms with Gasteiger partial charge in [0.05, 0.1) is 30.5 Å². The SMILES string of the molecule is COCC#CCN1CCOC2(CCN(CC3(O)CC(O)C3)CC2)C1. The highest BCUT2D eigenvalue weighted by atomic mass is 16.5. The minimum atomic E-state index is -0.680. The Bertz CT molecular complexity index is 473. The molecule has 2 heterocycles. The lowest BCUT2D eigenvalue weighted by Crippen LogP contribution is -2.60. The lowest BCUT2D eigenvalue weighted by atomic mass is 9.76. The van der Waals surface area contributed by atoms with Gasteiger partial charge in [0.2, 0.25) is 0 Å². The van der Waals surface area contributed by atoms with E-state index in [1.54, 1.807) is 7.11 Å². The van der Waals surface area contributed by atoms with Crippen LogP contribution < -0.4 is 0 Å². The highest BCUT2D eigenvalue weighted by molar-refractivity contribution is 5.04. The Kier molecular flexibility index (Phi) is 5.81. The molecule has 6 nitrogen and oxygen atoms in total. The van der Waals surface area contributed by atoms with Gasteiger partial charge in [-0.1, -0.05) is 11.8 Å². The smallest absolute Gasteiger partial charge is 0.107 e. The molecule has 0 aromatic rings. The second kappa shape index (κ2) is 7.69. The molecule has 3 rings (SSSR count). The fourth-order valence-corrected chi connectivity index (χ4v) is 4.13. The molecule has 24 heavy (non-hydrogen) atoms. The van der Waals surface area contributed by atoms with E-state index in [9.17, 15) is 10.2 Å². The molecular weight excluding hydrogens is 308 g/mol. The van der Waals surface area contributed by atoms with Crippen molar-refractivity contribution in [2.24, 2.45) is 0 Å². The van der Waals surface area contributed by atoms with Crippen LogP contribution in [0.25, 0.3) is 0 Å². The van der Waals surface area contributed by atoms with Crippen LogP contribution in [0.1, 0.15) is 25.7 Å². The number of nitrogens with zero attached hydrogens (tertiary/aromatic N) is 2. The summed E-state index contributed by atoms with van der Waals surface area (Å²) < 4.78 is 11.1. The molecule has 0 unspecified atom stereocenters. The summed E-state index contributed by atoms with van der Waals surface area (Å²) in [4.78, 5) is 4.69. The van der Waals surface area contributed by atoms with E-state index in [-0.39, 0.29) is 11.7 Å². The van der Waals surface area contributed by atoms with Gasteiger partial charge >= 0.3 is 0 Å². The third-order valence-electron chi connectivity index (χ3n) is 5.49. The van der Waals surface area contributed by atoms with Crippen LogP contribution in [-0.2, 0) is 9.47 Å². The predicted molar refractivity (Wildman–Crippen MR) is 90.6 cm³/mol. The zero-order chi connectivity index (χ0) is 17.0. The molecule has 0 bridgehead atoms. The van der Waals surface area contributed by atoms with Crippen molar-refractivity contribution in [3.8, 4) is 11.8 Å². The molecule has 6 heteroatoms. The summed E-state index contributed by atoms with van der Waals surface area (Å²) in [5.41, 5.74) is -0.736. The molecule has 136 valence electrons. The van der Waals surface area contributed by atoms with Crippen LogP contribution in [0, 0.1) is 11.8 Å². The average molecular weight is 338 g/mol. The summed E-state index contributed by atoms with van der Waals surface area (Å²) in [6.45, 7) is 6.46. The van der Waals surface area contributed by atoms with Gasteiger partial charge < -0.3 is 24.6 Å². The molecule has 0 amide bonds. The Hall–Kier alpha value is -0.680. The van der Waals surface area contributed by atoms with E-state index in [4.69, 9.17) is 9.47 Å². The van der Waals surface area contributed by atoms with Crippen molar-refractivity contribution in [3.05, 3.63) is 0 Å². The Labute approximate surface area is 144 Å². The first-order valence-corrected chi connectivity index (χ1v) is 8.96. The second-order valence-corrected chi connectivity index (χ2v) is 7.59. The number of aliphatic hydroxyl groups is 2. The van der Waals surface area contributed by atoms with Crippen molar-refractivity contribution in [2.75, 3.05) is 59.6 Å².